The molecule has 2 rings (SSSR count). The largest absolute Gasteiger partial charge is 0.458 e. The molecule has 0 bridgehead atoms. The molecule has 1 aliphatic carbocycles. The zero-order valence-electron chi connectivity index (χ0n) is 16.3. The first kappa shape index (κ1) is 19.8. The van der Waals surface area contributed by atoms with Gasteiger partial charge < -0.3 is 4.74 Å². The van der Waals surface area contributed by atoms with E-state index in [1.807, 2.05) is 24.3 Å². The number of rotatable bonds is 7. The van der Waals surface area contributed by atoms with E-state index in [1.54, 1.807) is 0 Å². The Morgan fingerprint density at radius 1 is 1.20 bits per heavy atom. The van der Waals surface area contributed by atoms with Crippen molar-refractivity contribution in [1.29, 1.82) is 0 Å². The Hall–Kier alpha value is -1.57. The number of ether oxygens (including phenoxy) is 1. The lowest BCUT2D eigenvalue weighted by Crippen LogP contribution is -2.35. The molecule has 2 heteroatoms. The average Bonchev–Trinajstić information content (AvgIpc) is 2.59. The molecule has 138 valence electrons. The predicted octanol–water partition coefficient (Wildman–Crippen LogP) is 6.20. The van der Waals surface area contributed by atoms with Gasteiger partial charge in [0.05, 0.1) is 5.56 Å². The topological polar surface area (TPSA) is 26.3 Å². The SMILES string of the molecule is CCC/C=C/Cc1ccc(C(=O)O[C@@H]2C[C@H](C)CC[C@H]2C(C)C)cc1. The molecule has 0 radical (unpaired) electrons. The molecule has 3 atom stereocenters. The number of hydrogen-bond acceptors (Lipinski definition) is 2. The zero-order valence-corrected chi connectivity index (χ0v) is 16.3. The number of esters is 1. The van der Waals surface area contributed by atoms with Crippen molar-refractivity contribution in [1.82, 2.24) is 0 Å². The summed E-state index contributed by atoms with van der Waals surface area (Å²) in [5.74, 6) is 1.52. The Kier molecular flexibility index (Phi) is 7.74. The van der Waals surface area contributed by atoms with Gasteiger partial charge in [0.15, 0.2) is 0 Å². The fourth-order valence-electron chi connectivity index (χ4n) is 3.74. The van der Waals surface area contributed by atoms with Gasteiger partial charge in [0.1, 0.15) is 6.10 Å². The van der Waals surface area contributed by atoms with E-state index < -0.39 is 0 Å². The number of unbranched alkanes of at least 4 members (excludes halogenated alkanes) is 1. The standard InChI is InChI=1S/C23H34O2/c1-5-6-7-8-9-19-11-13-20(14-12-19)23(24)25-22-16-18(4)10-15-21(22)17(2)3/h7-8,11-14,17-18,21-22H,5-6,9-10,15-16H2,1-4H3/b8-7+/t18-,21+,22-/m1/s1. The predicted molar refractivity (Wildman–Crippen MR) is 105 cm³/mol. The number of carbonyl (C=O) groups excluding carboxylic acids is 1. The Labute approximate surface area is 153 Å². The summed E-state index contributed by atoms with van der Waals surface area (Å²) in [5, 5.41) is 0. The molecular weight excluding hydrogens is 308 g/mol. The van der Waals surface area contributed by atoms with E-state index in [0.29, 0.717) is 23.3 Å². The molecule has 1 fully saturated rings. The molecule has 1 saturated carbocycles. The van der Waals surface area contributed by atoms with Gasteiger partial charge in [-0.25, -0.2) is 4.79 Å². The van der Waals surface area contributed by atoms with Gasteiger partial charge in [0, 0.05) is 0 Å². The molecule has 0 heterocycles. The van der Waals surface area contributed by atoms with E-state index in [4.69, 9.17) is 4.74 Å². The molecule has 0 aliphatic heterocycles. The highest BCUT2D eigenvalue weighted by Crippen LogP contribution is 2.35. The molecule has 1 aromatic carbocycles. The monoisotopic (exact) mass is 342 g/mol. The van der Waals surface area contributed by atoms with Crippen LogP contribution in [0.2, 0.25) is 0 Å². The molecule has 0 saturated heterocycles. The Morgan fingerprint density at radius 2 is 1.92 bits per heavy atom. The zero-order chi connectivity index (χ0) is 18.2. The van der Waals surface area contributed by atoms with E-state index in [9.17, 15) is 4.79 Å². The van der Waals surface area contributed by atoms with Crippen molar-refractivity contribution in [2.45, 2.75) is 72.3 Å². The summed E-state index contributed by atoms with van der Waals surface area (Å²) in [7, 11) is 0. The molecule has 0 N–H and O–H groups in total. The van der Waals surface area contributed by atoms with Gasteiger partial charge in [0.25, 0.3) is 0 Å². The number of benzene rings is 1. The maximum Gasteiger partial charge on any atom is 0.338 e. The molecule has 1 aromatic rings. The first-order chi connectivity index (χ1) is 12.0. The summed E-state index contributed by atoms with van der Waals surface area (Å²) < 4.78 is 5.92. The van der Waals surface area contributed by atoms with E-state index in [2.05, 4.69) is 39.8 Å². The average molecular weight is 343 g/mol. The van der Waals surface area contributed by atoms with Crippen LogP contribution in [0.3, 0.4) is 0 Å². The summed E-state index contributed by atoms with van der Waals surface area (Å²) >= 11 is 0. The van der Waals surface area contributed by atoms with Crippen molar-refractivity contribution in [2.24, 2.45) is 17.8 Å². The summed E-state index contributed by atoms with van der Waals surface area (Å²) in [6.07, 6.45) is 11.1. The van der Waals surface area contributed by atoms with Crippen LogP contribution in [-0.2, 0) is 11.2 Å². The third kappa shape index (κ3) is 6.02. The molecule has 2 nitrogen and oxygen atoms in total. The second kappa shape index (κ2) is 9.79. The van der Waals surface area contributed by atoms with Crippen molar-refractivity contribution >= 4 is 5.97 Å². The smallest absolute Gasteiger partial charge is 0.338 e. The van der Waals surface area contributed by atoms with Gasteiger partial charge in [-0.3, -0.25) is 0 Å². The molecule has 0 spiro atoms. The lowest BCUT2D eigenvalue weighted by molar-refractivity contribution is -0.0174. The first-order valence-corrected chi connectivity index (χ1v) is 9.96. The quantitative estimate of drug-likeness (QED) is 0.435. The van der Waals surface area contributed by atoms with Gasteiger partial charge in [-0.2, -0.15) is 0 Å². The van der Waals surface area contributed by atoms with Crippen LogP contribution in [0.25, 0.3) is 0 Å². The summed E-state index contributed by atoms with van der Waals surface area (Å²) in [6.45, 7) is 8.92. The normalized spacial score (nSPS) is 24.0. The third-order valence-electron chi connectivity index (χ3n) is 5.38. The Morgan fingerprint density at radius 3 is 2.56 bits per heavy atom. The lowest BCUT2D eigenvalue weighted by atomic mass is 9.75. The van der Waals surface area contributed by atoms with E-state index in [-0.39, 0.29) is 12.1 Å². The van der Waals surface area contributed by atoms with Crippen molar-refractivity contribution in [3.05, 3.63) is 47.5 Å². The lowest BCUT2D eigenvalue weighted by Gasteiger charge is -2.36. The van der Waals surface area contributed by atoms with Gasteiger partial charge in [0.2, 0.25) is 0 Å². The third-order valence-corrected chi connectivity index (χ3v) is 5.38. The summed E-state index contributed by atoms with van der Waals surface area (Å²) in [5.41, 5.74) is 1.90. The summed E-state index contributed by atoms with van der Waals surface area (Å²) in [4.78, 5) is 12.6. The van der Waals surface area contributed by atoms with Crippen LogP contribution in [0.15, 0.2) is 36.4 Å². The Bertz CT molecular complexity index is 556. The Balaban J connectivity index is 1.95. The first-order valence-electron chi connectivity index (χ1n) is 9.96. The van der Waals surface area contributed by atoms with Crippen molar-refractivity contribution < 1.29 is 9.53 Å². The highest BCUT2D eigenvalue weighted by molar-refractivity contribution is 5.89. The van der Waals surface area contributed by atoms with Gasteiger partial charge in [-0.1, -0.05) is 64.8 Å². The molecule has 1 aliphatic rings. The van der Waals surface area contributed by atoms with Crippen molar-refractivity contribution in [3.63, 3.8) is 0 Å². The highest BCUT2D eigenvalue weighted by Gasteiger charge is 2.33. The van der Waals surface area contributed by atoms with E-state index in [0.717, 1.165) is 19.3 Å². The maximum absolute atomic E-state index is 12.6. The van der Waals surface area contributed by atoms with Crippen LogP contribution < -0.4 is 0 Å². The molecule has 0 aromatic heterocycles. The van der Waals surface area contributed by atoms with Crippen LogP contribution in [0, 0.1) is 17.8 Å². The summed E-state index contributed by atoms with van der Waals surface area (Å²) in [6, 6.07) is 7.89. The van der Waals surface area contributed by atoms with Gasteiger partial charge >= 0.3 is 5.97 Å². The highest BCUT2D eigenvalue weighted by atomic mass is 16.5. The fraction of sp³-hybridized carbons (Fsp3) is 0.609. The minimum atomic E-state index is -0.169. The number of carbonyl (C=O) groups is 1. The van der Waals surface area contributed by atoms with Crippen molar-refractivity contribution in [3.8, 4) is 0 Å². The van der Waals surface area contributed by atoms with E-state index >= 15 is 0 Å². The number of allylic oxidation sites excluding steroid dienone is 2. The van der Waals surface area contributed by atoms with Crippen LogP contribution in [-0.4, -0.2) is 12.1 Å². The molecule has 25 heavy (non-hydrogen) atoms. The van der Waals surface area contributed by atoms with Gasteiger partial charge in [-0.05, 0) is 61.1 Å². The fourth-order valence-corrected chi connectivity index (χ4v) is 3.74. The molecular formula is C23H34O2. The van der Waals surface area contributed by atoms with Crippen LogP contribution >= 0.6 is 0 Å². The van der Waals surface area contributed by atoms with Crippen LogP contribution in [0.4, 0.5) is 0 Å². The number of hydrogen-bond donors (Lipinski definition) is 0. The van der Waals surface area contributed by atoms with Crippen LogP contribution in [0.1, 0.15) is 75.7 Å². The second-order valence-electron chi connectivity index (χ2n) is 7.93. The molecule has 0 unspecified atom stereocenters. The minimum absolute atomic E-state index is 0.0629. The van der Waals surface area contributed by atoms with E-state index in [1.165, 1.54) is 24.8 Å². The maximum atomic E-state index is 12.6. The molecule has 0 amide bonds. The van der Waals surface area contributed by atoms with Gasteiger partial charge in [-0.15, -0.1) is 0 Å². The minimum Gasteiger partial charge on any atom is -0.458 e. The van der Waals surface area contributed by atoms with Crippen molar-refractivity contribution in [2.75, 3.05) is 0 Å². The van der Waals surface area contributed by atoms with Crippen LogP contribution in [0.5, 0.6) is 0 Å². The second-order valence-corrected chi connectivity index (χ2v) is 7.93.